The van der Waals surface area contributed by atoms with Gasteiger partial charge < -0.3 is 9.84 Å². The molecule has 0 aromatic heterocycles. The van der Waals surface area contributed by atoms with Gasteiger partial charge in [-0.3, -0.25) is 0 Å². The van der Waals surface area contributed by atoms with Gasteiger partial charge in [0.25, 0.3) is 0 Å². The Morgan fingerprint density at radius 3 is 2.86 bits per heavy atom. The van der Waals surface area contributed by atoms with E-state index in [2.05, 4.69) is 9.73 Å². The third kappa shape index (κ3) is 1.97. The molecule has 0 heterocycles. The Hall–Kier alpha value is -2.13. The van der Waals surface area contributed by atoms with Crippen LogP contribution in [0.5, 0.6) is 5.75 Å². The number of carbonyl (C=O) groups excluding carboxylic acids is 2. The van der Waals surface area contributed by atoms with Crippen LogP contribution in [-0.4, -0.2) is 24.3 Å². The number of isocyanates is 1. The minimum absolute atomic E-state index is 0.0380. The van der Waals surface area contributed by atoms with E-state index in [1.165, 1.54) is 31.4 Å². The molecule has 0 saturated heterocycles. The van der Waals surface area contributed by atoms with E-state index in [4.69, 9.17) is 0 Å². The quantitative estimate of drug-likeness (QED) is 0.434. The van der Waals surface area contributed by atoms with Gasteiger partial charge in [0.05, 0.1) is 12.8 Å². The van der Waals surface area contributed by atoms with Crippen LogP contribution in [0.25, 0.3) is 0 Å². The number of hydrogen-bond acceptors (Lipinski definition) is 5. The van der Waals surface area contributed by atoms with E-state index < -0.39 is 5.97 Å². The normalized spacial score (nSPS) is 8.93. The highest BCUT2D eigenvalue weighted by atomic mass is 16.5. The molecule has 0 saturated carbocycles. The minimum Gasteiger partial charge on any atom is -0.507 e. The first-order valence-corrected chi connectivity index (χ1v) is 3.68. The fraction of sp³-hybridized carbons (Fsp3) is 0.111. The lowest BCUT2D eigenvalue weighted by molar-refractivity contribution is 0.0597. The number of aromatic hydroxyl groups is 1. The number of esters is 1. The van der Waals surface area contributed by atoms with Gasteiger partial charge in [-0.05, 0) is 18.2 Å². The van der Waals surface area contributed by atoms with Crippen LogP contribution in [0.2, 0.25) is 0 Å². The third-order valence-electron chi connectivity index (χ3n) is 1.56. The highest BCUT2D eigenvalue weighted by molar-refractivity contribution is 5.93. The van der Waals surface area contributed by atoms with Crippen molar-refractivity contribution in [2.75, 3.05) is 7.11 Å². The van der Waals surface area contributed by atoms with Crippen LogP contribution in [0, 0.1) is 0 Å². The summed E-state index contributed by atoms with van der Waals surface area (Å²) in [6, 6.07) is 3.88. The van der Waals surface area contributed by atoms with Gasteiger partial charge in [-0.15, -0.1) is 0 Å². The Morgan fingerprint density at radius 1 is 1.57 bits per heavy atom. The Kier molecular flexibility index (Phi) is 2.99. The first-order chi connectivity index (χ1) is 6.69. The number of aliphatic imine (C=N–C) groups is 1. The Bertz CT molecular complexity index is 407. The molecule has 0 unspecified atom stereocenters. The summed E-state index contributed by atoms with van der Waals surface area (Å²) in [6.07, 6.45) is 1.33. The van der Waals surface area contributed by atoms with Crippen LogP contribution >= 0.6 is 0 Å². The summed E-state index contributed by atoms with van der Waals surface area (Å²) in [7, 11) is 1.19. The molecule has 0 spiro atoms. The number of methoxy groups -OCH3 is 1. The predicted octanol–water partition coefficient (Wildman–Crippen LogP) is 1.15. The summed E-state index contributed by atoms with van der Waals surface area (Å²) in [5, 5.41) is 9.26. The van der Waals surface area contributed by atoms with Gasteiger partial charge in [0.2, 0.25) is 6.08 Å². The molecule has 1 aromatic carbocycles. The molecule has 0 aliphatic rings. The molecule has 0 atom stereocenters. The summed E-state index contributed by atoms with van der Waals surface area (Å²) in [4.78, 5) is 24.3. The molecule has 0 aliphatic heterocycles. The number of carbonyl (C=O) groups is 1. The largest absolute Gasteiger partial charge is 0.507 e. The van der Waals surface area contributed by atoms with Crippen LogP contribution in [0.1, 0.15) is 10.4 Å². The highest BCUT2D eigenvalue weighted by Gasteiger charge is 2.11. The molecule has 0 fully saturated rings. The minimum atomic E-state index is -0.689. The number of phenols is 1. The molecular weight excluding hydrogens is 186 g/mol. The van der Waals surface area contributed by atoms with E-state index in [9.17, 15) is 14.7 Å². The van der Waals surface area contributed by atoms with Gasteiger partial charge in [0.15, 0.2) is 0 Å². The number of phenolic OH excluding ortho intramolecular Hbond substituents is 1. The third-order valence-corrected chi connectivity index (χ3v) is 1.56. The summed E-state index contributed by atoms with van der Waals surface area (Å²) >= 11 is 0. The lowest BCUT2D eigenvalue weighted by Gasteiger charge is -2.02. The maximum atomic E-state index is 11.1. The zero-order chi connectivity index (χ0) is 10.6. The van der Waals surface area contributed by atoms with Crippen molar-refractivity contribution in [1.82, 2.24) is 0 Å². The molecular formula is C9H7NO4. The number of hydrogen-bond donors (Lipinski definition) is 1. The van der Waals surface area contributed by atoms with Crippen molar-refractivity contribution in [2.45, 2.75) is 0 Å². The average Bonchev–Trinajstić information content (AvgIpc) is 2.20. The standard InChI is InChI=1S/C9H7NO4/c1-14-9(13)7-4-6(10-5-11)2-3-8(7)12/h2-4,12H,1H3. The Balaban J connectivity index is 3.20. The smallest absolute Gasteiger partial charge is 0.341 e. The molecule has 72 valence electrons. The van der Waals surface area contributed by atoms with Gasteiger partial charge in [-0.1, -0.05) is 0 Å². The molecule has 1 aromatic rings. The van der Waals surface area contributed by atoms with Crippen molar-refractivity contribution < 1.29 is 19.4 Å². The summed E-state index contributed by atoms with van der Waals surface area (Å²) < 4.78 is 4.41. The topological polar surface area (TPSA) is 76.0 Å². The van der Waals surface area contributed by atoms with Crippen LogP contribution in [0.3, 0.4) is 0 Å². The zero-order valence-corrected chi connectivity index (χ0v) is 7.35. The van der Waals surface area contributed by atoms with Gasteiger partial charge in [0, 0.05) is 0 Å². The summed E-state index contributed by atoms with van der Waals surface area (Å²) in [5.41, 5.74) is 0.196. The number of ether oxygens (including phenoxy) is 1. The molecule has 0 aliphatic carbocycles. The Labute approximate surface area is 79.7 Å². The van der Waals surface area contributed by atoms with Crippen molar-refractivity contribution in [3.8, 4) is 5.75 Å². The lowest BCUT2D eigenvalue weighted by atomic mass is 10.2. The summed E-state index contributed by atoms with van der Waals surface area (Å²) in [6.45, 7) is 0. The SMILES string of the molecule is COC(=O)c1cc(N=C=O)ccc1O. The first-order valence-electron chi connectivity index (χ1n) is 3.68. The molecule has 1 N–H and O–H groups in total. The van der Waals surface area contributed by atoms with E-state index in [0.29, 0.717) is 0 Å². The fourth-order valence-electron chi connectivity index (χ4n) is 0.920. The van der Waals surface area contributed by atoms with Gasteiger partial charge in [0.1, 0.15) is 11.3 Å². The van der Waals surface area contributed by atoms with E-state index >= 15 is 0 Å². The predicted molar refractivity (Wildman–Crippen MR) is 47.2 cm³/mol. The molecule has 1 rings (SSSR count). The van der Waals surface area contributed by atoms with Gasteiger partial charge in [-0.25, -0.2) is 9.59 Å². The maximum absolute atomic E-state index is 11.1. The maximum Gasteiger partial charge on any atom is 0.341 e. The molecule has 0 amide bonds. The second-order valence-corrected chi connectivity index (χ2v) is 2.40. The van der Waals surface area contributed by atoms with E-state index in [-0.39, 0.29) is 17.0 Å². The highest BCUT2D eigenvalue weighted by Crippen LogP contribution is 2.23. The number of benzene rings is 1. The van der Waals surface area contributed by atoms with E-state index in [1.54, 1.807) is 0 Å². The molecule has 5 heteroatoms. The second-order valence-electron chi connectivity index (χ2n) is 2.40. The Morgan fingerprint density at radius 2 is 2.29 bits per heavy atom. The van der Waals surface area contributed by atoms with Crippen molar-refractivity contribution >= 4 is 17.7 Å². The fourth-order valence-corrected chi connectivity index (χ4v) is 0.920. The van der Waals surface area contributed by atoms with Crippen LogP contribution < -0.4 is 0 Å². The van der Waals surface area contributed by atoms with Crippen molar-refractivity contribution in [3.05, 3.63) is 23.8 Å². The van der Waals surface area contributed by atoms with Gasteiger partial charge >= 0.3 is 5.97 Å². The summed E-state index contributed by atoms with van der Waals surface area (Å²) in [5.74, 6) is -0.910. The number of rotatable bonds is 2. The van der Waals surface area contributed by atoms with Crippen LogP contribution in [-0.2, 0) is 9.53 Å². The van der Waals surface area contributed by atoms with Gasteiger partial charge in [-0.2, -0.15) is 4.99 Å². The van der Waals surface area contributed by atoms with Crippen molar-refractivity contribution in [1.29, 1.82) is 0 Å². The lowest BCUT2D eigenvalue weighted by Crippen LogP contribution is -2.00. The number of nitrogens with zero attached hydrogens (tertiary/aromatic N) is 1. The average molecular weight is 193 g/mol. The van der Waals surface area contributed by atoms with Crippen molar-refractivity contribution in [3.63, 3.8) is 0 Å². The van der Waals surface area contributed by atoms with Crippen LogP contribution in [0.15, 0.2) is 23.2 Å². The second kappa shape index (κ2) is 4.20. The van der Waals surface area contributed by atoms with E-state index in [1.807, 2.05) is 0 Å². The molecule has 14 heavy (non-hydrogen) atoms. The van der Waals surface area contributed by atoms with E-state index in [0.717, 1.165) is 0 Å². The molecule has 0 bridgehead atoms. The first kappa shape index (κ1) is 9.95. The van der Waals surface area contributed by atoms with Crippen LogP contribution in [0.4, 0.5) is 5.69 Å². The molecule has 5 nitrogen and oxygen atoms in total. The van der Waals surface area contributed by atoms with Crippen molar-refractivity contribution in [2.24, 2.45) is 4.99 Å². The molecule has 0 radical (unpaired) electrons. The monoisotopic (exact) mass is 193 g/mol. The zero-order valence-electron chi connectivity index (χ0n) is 7.35.